The Morgan fingerprint density at radius 1 is 0.448 bits per heavy atom. The van der Waals surface area contributed by atoms with Crippen LogP contribution in [0.1, 0.15) is 11.1 Å². The second kappa shape index (κ2) is 8.13. The summed E-state index contributed by atoms with van der Waals surface area (Å²) < 4.78 is 6.33. The predicted molar refractivity (Wildman–Crippen MR) is 113 cm³/mol. The molecular weight excluding hydrogens is 356 g/mol. The zero-order chi connectivity index (χ0) is 20.1. The lowest BCUT2D eigenvalue weighted by atomic mass is 9.98. The maximum atomic E-state index is 9.49. The second-order valence-corrected chi connectivity index (χ2v) is 6.41. The van der Waals surface area contributed by atoms with E-state index in [9.17, 15) is 10.5 Å². The third-order valence-electron chi connectivity index (χ3n) is 4.67. The van der Waals surface area contributed by atoms with Crippen molar-refractivity contribution in [1.82, 2.24) is 0 Å². The van der Waals surface area contributed by atoms with E-state index in [1.54, 1.807) is 12.1 Å². The minimum atomic E-state index is 0.590. The number of rotatable bonds is 4. The minimum Gasteiger partial charge on any atom is -0.456 e. The summed E-state index contributed by atoms with van der Waals surface area (Å²) in [6, 6.07) is 34.7. The summed E-state index contributed by atoms with van der Waals surface area (Å²) in [5.41, 5.74) is 4.50. The zero-order valence-electron chi connectivity index (χ0n) is 15.5. The smallest absolute Gasteiger partial charge is 0.135 e. The van der Waals surface area contributed by atoms with Crippen LogP contribution in [-0.2, 0) is 0 Å². The summed E-state index contributed by atoms with van der Waals surface area (Å²) in [4.78, 5) is 0. The highest BCUT2D eigenvalue weighted by Crippen LogP contribution is 2.39. The van der Waals surface area contributed by atoms with E-state index in [1.165, 1.54) is 0 Å². The molecule has 0 atom stereocenters. The highest BCUT2D eigenvalue weighted by Gasteiger charge is 2.14. The van der Waals surface area contributed by atoms with Crippen LogP contribution in [0.2, 0.25) is 0 Å². The van der Waals surface area contributed by atoms with E-state index in [0.29, 0.717) is 22.6 Å². The Morgan fingerprint density at radius 3 is 1.21 bits per heavy atom. The van der Waals surface area contributed by atoms with Gasteiger partial charge in [0.2, 0.25) is 0 Å². The second-order valence-electron chi connectivity index (χ2n) is 6.41. The average molecular weight is 372 g/mol. The van der Waals surface area contributed by atoms with Crippen molar-refractivity contribution in [2.24, 2.45) is 0 Å². The predicted octanol–water partition coefficient (Wildman–Crippen LogP) is 6.56. The number of hydrogen-bond acceptors (Lipinski definition) is 3. The first-order valence-corrected chi connectivity index (χ1v) is 9.16. The van der Waals surface area contributed by atoms with Gasteiger partial charge in [0.1, 0.15) is 11.5 Å². The van der Waals surface area contributed by atoms with Crippen LogP contribution < -0.4 is 4.74 Å². The van der Waals surface area contributed by atoms with Crippen LogP contribution in [0.4, 0.5) is 0 Å². The third kappa shape index (κ3) is 3.58. The number of benzene rings is 4. The van der Waals surface area contributed by atoms with Crippen LogP contribution in [0.25, 0.3) is 22.3 Å². The van der Waals surface area contributed by atoms with Crippen LogP contribution in [0.15, 0.2) is 97.1 Å². The van der Waals surface area contributed by atoms with Gasteiger partial charge in [0.25, 0.3) is 0 Å². The molecule has 4 aromatic carbocycles. The van der Waals surface area contributed by atoms with Gasteiger partial charge >= 0.3 is 0 Å². The maximum absolute atomic E-state index is 9.49. The SMILES string of the molecule is N#Cc1ccccc1-c1ccccc1Oc1ccccc1-c1ccccc1C#N. The highest BCUT2D eigenvalue weighted by atomic mass is 16.5. The van der Waals surface area contributed by atoms with Gasteiger partial charge in [-0.3, -0.25) is 0 Å². The van der Waals surface area contributed by atoms with Crippen LogP contribution in [0.5, 0.6) is 11.5 Å². The number of hydrogen-bond donors (Lipinski definition) is 0. The largest absolute Gasteiger partial charge is 0.456 e. The molecule has 0 spiro atoms. The molecule has 136 valence electrons. The molecule has 0 bridgehead atoms. The summed E-state index contributed by atoms with van der Waals surface area (Å²) in [5, 5.41) is 19.0. The Kier molecular flexibility index (Phi) is 5.06. The lowest BCUT2D eigenvalue weighted by Crippen LogP contribution is -1.93. The molecule has 0 heterocycles. The normalized spacial score (nSPS) is 10.0. The van der Waals surface area contributed by atoms with E-state index in [4.69, 9.17) is 4.74 Å². The molecule has 0 aliphatic carbocycles. The molecule has 29 heavy (non-hydrogen) atoms. The summed E-state index contributed by atoms with van der Waals surface area (Å²) in [6.45, 7) is 0. The van der Waals surface area contributed by atoms with Crippen molar-refractivity contribution < 1.29 is 4.74 Å². The Hall–Kier alpha value is -4.34. The van der Waals surface area contributed by atoms with Crippen molar-refractivity contribution >= 4 is 0 Å². The van der Waals surface area contributed by atoms with Crippen LogP contribution in [0.3, 0.4) is 0 Å². The minimum absolute atomic E-state index is 0.590. The Balaban J connectivity index is 1.82. The van der Waals surface area contributed by atoms with Gasteiger partial charge in [-0.1, -0.05) is 72.8 Å². The fourth-order valence-electron chi connectivity index (χ4n) is 3.31. The van der Waals surface area contributed by atoms with Gasteiger partial charge in [0.15, 0.2) is 0 Å². The van der Waals surface area contributed by atoms with Crippen molar-refractivity contribution in [3.05, 3.63) is 108 Å². The maximum Gasteiger partial charge on any atom is 0.135 e. The van der Waals surface area contributed by atoms with E-state index in [-0.39, 0.29) is 0 Å². The molecule has 0 aliphatic heterocycles. The molecule has 3 heteroatoms. The van der Waals surface area contributed by atoms with Gasteiger partial charge in [-0.05, 0) is 24.3 Å². The Labute approximate surface area is 169 Å². The van der Waals surface area contributed by atoms with Gasteiger partial charge in [-0.2, -0.15) is 10.5 Å². The zero-order valence-corrected chi connectivity index (χ0v) is 15.5. The number of nitrogens with zero attached hydrogens (tertiary/aromatic N) is 2. The molecule has 4 rings (SSSR count). The quantitative estimate of drug-likeness (QED) is 0.408. The number of ether oxygens (including phenoxy) is 1. The average Bonchev–Trinajstić information content (AvgIpc) is 2.80. The van der Waals surface area contributed by atoms with Crippen molar-refractivity contribution in [2.75, 3.05) is 0 Å². The van der Waals surface area contributed by atoms with Gasteiger partial charge in [-0.25, -0.2) is 0 Å². The summed E-state index contributed by atoms with van der Waals surface area (Å²) >= 11 is 0. The van der Waals surface area contributed by atoms with Gasteiger partial charge in [-0.15, -0.1) is 0 Å². The first-order valence-electron chi connectivity index (χ1n) is 9.16. The van der Waals surface area contributed by atoms with Crippen LogP contribution in [0, 0.1) is 22.7 Å². The lowest BCUT2D eigenvalue weighted by Gasteiger charge is -2.15. The molecule has 0 unspecified atom stereocenters. The molecule has 0 saturated carbocycles. The first-order chi connectivity index (χ1) is 14.3. The van der Waals surface area contributed by atoms with Crippen LogP contribution in [-0.4, -0.2) is 0 Å². The molecule has 0 aliphatic rings. The molecule has 3 nitrogen and oxygen atoms in total. The molecule has 0 aromatic heterocycles. The van der Waals surface area contributed by atoms with Gasteiger partial charge in [0.05, 0.1) is 23.3 Å². The van der Waals surface area contributed by atoms with Crippen molar-refractivity contribution in [3.63, 3.8) is 0 Å². The fraction of sp³-hybridized carbons (Fsp3) is 0. The first kappa shape index (κ1) is 18.0. The van der Waals surface area contributed by atoms with Gasteiger partial charge < -0.3 is 4.74 Å². The number of para-hydroxylation sites is 2. The van der Waals surface area contributed by atoms with E-state index in [1.807, 2.05) is 84.9 Å². The molecule has 4 aromatic rings. The Bertz CT molecular complexity index is 1160. The number of nitriles is 2. The standard InChI is InChI=1S/C26H16N2O/c27-17-19-9-1-3-11-21(19)23-13-5-7-15-25(23)29-26-16-8-6-14-24(26)22-12-4-2-10-20(22)18-28/h1-16H. The van der Waals surface area contributed by atoms with Crippen molar-refractivity contribution in [1.29, 1.82) is 10.5 Å². The summed E-state index contributed by atoms with van der Waals surface area (Å²) in [5.74, 6) is 1.30. The molecule has 0 N–H and O–H groups in total. The Morgan fingerprint density at radius 2 is 0.793 bits per heavy atom. The molecule has 0 saturated heterocycles. The fourth-order valence-corrected chi connectivity index (χ4v) is 3.31. The van der Waals surface area contributed by atoms with Crippen molar-refractivity contribution in [3.8, 4) is 45.9 Å². The van der Waals surface area contributed by atoms with E-state index in [2.05, 4.69) is 12.1 Å². The van der Waals surface area contributed by atoms with E-state index in [0.717, 1.165) is 22.3 Å². The van der Waals surface area contributed by atoms with E-state index >= 15 is 0 Å². The van der Waals surface area contributed by atoms with Crippen LogP contribution >= 0.6 is 0 Å². The molecular formula is C26H16N2O. The summed E-state index contributed by atoms with van der Waals surface area (Å²) in [7, 11) is 0. The monoisotopic (exact) mass is 372 g/mol. The molecule has 0 fully saturated rings. The molecule has 0 radical (unpaired) electrons. The topological polar surface area (TPSA) is 56.8 Å². The summed E-state index contributed by atoms with van der Waals surface area (Å²) in [6.07, 6.45) is 0. The lowest BCUT2D eigenvalue weighted by molar-refractivity contribution is 0.486. The third-order valence-corrected chi connectivity index (χ3v) is 4.67. The van der Waals surface area contributed by atoms with E-state index < -0.39 is 0 Å². The molecule has 0 amide bonds. The highest BCUT2D eigenvalue weighted by molar-refractivity contribution is 5.79. The van der Waals surface area contributed by atoms with Gasteiger partial charge in [0, 0.05) is 22.3 Å². The van der Waals surface area contributed by atoms with Crippen molar-refractivity contribution in [2.45, 2.75) is 0 Å².